The van der Waals surface area contributed by atoms with Crippen LogP contribution in [0.5, 0.6) is 0 Å². The Morgan fingerprint density at radius 2 is 2.05 bits per heavy atom. The molecular weight excluding hydrogens is 286 g/mol. The van der Waals surface area contributed by atoms with Crippen LogP contribution in [-0.4, -0.2) is 49.3 Å². The highest BCUT2D eigenvalue weighted by Gasteiger charge is 2.03. The van der Waals surface area contributed by atoms with Crippen molar-refractivity contribution in [3.8, 4) is 0 Å². The number of guanidine groups is 1. The molecule has 0 saturated heterocycles. The second-order valence-corrected chi connectivity index (χ2v) is 5.97. The maximum atomic E-state index is 12.1. The molecule has 2 N–H and O–H groups in total. The molecule has 118 valence electrons. The summed E-state index contributed by atoms with van der Waals surface area (Å²) in [4.78, 5) is 5.30. The maximum Gasteiger partial charge on any atom is 0.191 e. The summed E-state index contributed by atoms with van der Waals surface area (Å²) in [6.07, 6.45) is 0.892. The van der Waals surface area contributed by atoms with Gasteiger partial charge in [-0.3, -0.25) is 9.20 Å². The number of ether oxygens (including phenoxy) is 1. The fourth-order valence-corrected chi connectivity index (χ4v) is 2.68. The van der Waals surface area contributed by atoms with E-state index in [1.807, 2.05) is 37.3 Å². The van der Waals surface area contributed by atoms with E-state index in [1.165, 1.54) is 0 Å². The molecule has 1 rings (SSSR count). The van der Waals surface area contributed by atoms with Gasteiger partial charge in [-0.1, -0.05) is 18.2 Å². The Hall–Kier alpha value is -1.40. The lowest BCUT2D eigenvalue weighted by Gasteiger charge is -2.11. The van der Waals surface area contributed by atoms with Crippen LogP contribution in [0.2, 0.25) is 0 Å². The first-order chi connectivity index (χ1) is 10.3. The Bertz CT molecular complexity index is 438. The van der Waals surface area contributed by atoms with E-state index in [9.17, 15) is 4.21 Å². The van der Waals surface area contributed by atoms with Crippen molar-refractivity contribution in [2.45, 2.75) is 18.2 Å². The molecule has 0 fully saturated rings. The van der Waals surface area contributed by atoms with Crippen LogP contribution < -0.4 is 10.6 Å². The average Bonchev–Trinajstić information content (AvgIpc) is 2.52. The van der Waals surface area contributed by atoms with Crippen molar-refractivity contribution in [2.24, 2.45) is 4.99 Å². The van der Waals surface area contributed by atoms with E-state index < -0.39 is 10.8 Å². The third-order valence-corrected chi connectivity index (χ3v) is 4.08. The van der Waals surface area contributed by atoms with Gasteiger partial charge in [0.15, 0.2) is 5.96 Å². The molecule has 0 aliphatic heterocycles. The summed E-state index contributed by atoms with van der Waals surface area (Å²) in [5, 5.41) is 6.38. The van der Waals surface area contributed by atoms with E-state index in [4.69, 9.17) is 4.74 Å². The van der Waals surface area contributed by atoms with Crippen LogP contribution in [0.25, 0.3) is 0 Å². The fraction of sp³-hybridized carbons (Fsp3) is 0.533. The first kappa shape index (κ1) is 17.7. The predicted octanol–water partition coefficient (Wildman–Crippen LogP) is 1.39. The molecule has 0 saturated carbocycles. The molecule has 0 aliphatic rings. The second-order valence-electron chi connectivity index (χ2n) is 4.40. The smallest absolute Gasteiger partial charge is 0.191 e. The van der Waals surface area contributed by atoms with Gasteiger partial charge >= 0.3 is 0 Å². The fourth-order valence-electron chi connectivity index (χ4n) is 1.69. The Balaban J connectivity index is 2.34. The van der Waals surface area contributed by atoms with Gasteiger partial charge in [0.05, 0.1) is 10.8 Å². The third kappa shape index (κ3) is 7.82. The van der Waals surface area contributed by atoms with Gasteiger partial charge in [-0.05, 0) is 25.5 Å². The minimum absolute atomic E-state index is 0.562. The Labute approximate surface area is 129 Å². The molecule has 1 aromatic rings. The summed E-state index contributed by atoms with van der Waals surface area (Å²) < 4.78 is 17.1. The van der Waals surface area contributed by atoms with Gasteiger partial charge in [-0.15, -0.1) is 0 Å². The van der Waals surface area contributed by atoms with Crippen LogP contribution in [-0.2, 0) is 15.5 Å². The molecule has 1 aromatic carbocycles. The minimum Gasteiger partial charge on any atom is -0.385 e. The lowest BCUT2D eigenvalue weighted by molar-refractivity contribution is 0.197. The molecule has 0 amide bonds. The van der Waals surface area contributed by atoms with E-state index >= 15 is 0 Å². The van der Waals surface area contributed by atoms with Gasteiger partial charge in [0.1, 0.15) is 0 Å². The summed E-state index contributed by atoms with van der Waals surface area (Å²) in [5.41, 5.74) is 0. The standard InChI is InChI=1S/C15H25N3O2S/c1-3-16-15(17-10-7-12-20-2)18-11-13-21(19)14-8-5-4-6-9-14/h4-6,8-9H,3,7,10-13H2,1-2H3,(H2,16,17,18). The van der Waals surface area contributed by atoms with Gasteiger partial charge in [0.25, 0.3) is 0 Å². The Kier molecular flexibility index (Phi) is 9.48. The molecule has 21 heavy (non-hydrogen) atoms. The van der Waals surface area contributed by atoms with Gasteiger partial charge in [-0.2, -0.15) is 0 Å². The number of aliphatic imine (C=N–C) groups is 1. The van der Waals surface area contributed by atoms with E-state index in [1.54, 1.807) is 7.11 Å². The molecule has 6 heteroatoms. The molecule has 0 radical (unpaired) electrons. The van der Waals surface area contributed by atoms with Crippen molar-refractivity contribution in [1.29, 1.82) is 0 Å². The summed E-state index contributed by atoms with van der Waals surface area (Å²) in [5.74, 6) is 1.32. The number of hydrogen-bond donors (Lipinski definition) is 2. The van der Waals surface area contributed by atoms with E-state index in [2.05, 4.69) is 15.6 Å². The zero-order valence-electron chi connectivity index (χ0n) is 12.8. The monoisotopic (exact) mass is 311 g/mol. The van der Waals surface area contributed by atoms with Crippen molar-refractivity contribution in [3.63, 3.8) is 0 Å². The zero-order valence-corrected chi connectivity index (χ0v) is 13.6. The number of nitrogens with zero attached hydrogens (tertiary/aromatic N) is 1. The molecule has 1 unspecified atom stereocenters. The highest BCUT2D eigenvalue weighted by molar-refractivity contribution is 7.85. The van der Waals surface area contributed by atoms with Crippen LogP contribution in [0.15, 0.2) is 40.2 Å². The van der Waals surface area contributed by atoms with Crippen molar-refractivity contribution in [1.82, 2.24) is 10.6 Å². The van der Waals surface area contributed by atoms with Crippen LogP contribution in [0.1, 0.15) is 13.3 Å². The van der Waals surface area contributed by atoms with Crippen molar-refractivity contribution < 1.29 is 8.95 Å². The minimum atomic E-state index is -0.978. The topological polar surface area (TPSA) is 62.7 Å². The normalized spacial score (nSPS) is 13.0. The van der Waals surface area contributed by atoms with Crippen LogP contribution in [0.3, 0.4) is 0 Å². The van der Waals surface area contributed by atoms with E-state index in [0.717, 1.165) is 23.8 Å². The van der Waals surface area contributed by atoms with Crippen LogP contribution >= 0.6 is 0 Å². The largest absolute Gasteiger partial charge is 0.385 e. The SMILES string of the molecule is CCNC(=NCCCOC)NCCS(=O)c1ccccc1. The number of methoxy groups -OCH3 is 1. The molecule has 0 aliphatic carbocycles. The second kappa shape index (κ2) is 11.3. The lowest BCUT2D eigenvalue weighted by Crippen LogP contribution is -2.39. The molecule has 0 spiro atoms. The zero-order chi connectivity index (χ0) is 15.3. The summed E-state index contributed by atoms with van der Waals surface area (Å²) in [7, 11) is 0.709. The molecule has 1 atom stereocenters. The third-order valence-electron chi connectivity index (χ3n) is 2.71. The number of benzene rings is 1. The van der Waals surface area contributed by atoms with Crippen molar-refractivity contribution in [3.05, 3.63) is 30.3 Å². The number of hydrogen-bond acceptors (Lipinski definition) is 3. The molecule has 0 heterocycles. The van der Waals surface area contributed by atoms with Crippen LogP contribution in [0.4, 0.5) is 0 Å². The van der Waals surface area contributed by atoms with Gasteiger partial charge in [0, 0.05) is 44.0 Å². The quantitative estimate of drug-likeness (QED) is 0.411. The first-order valence-corrected chi connectivity index (χ1v) is 8.54. The summed E-state index contributed by atoms with van der Waals surface area (Å²) >= 11 is 0. The number of nitrogens with one attached hydrogen (secondary N) is 2. The summed E-state index contributed by atoms with van der Waals surface area (Å²) in [6, 6.07) is 9.51. The number of rotatable bonds is 9. The van der Waals surface area contributed by atoms with Gasteiger partial charge in [-0.25, -0.2) is 0 Å². The van der Waals surface area contributed by atoms with E-state index in [0.29, 0.717) is 25.4 Å². The van der Waals surface area contributed by atoms with Crippen molar-refractivity contribution in [2.75, 3.05) is 39.1 Å². The van der Waals surface area contributed by atoms with Gasteiger partial charge in [0.2, 0.25) is 0 Å². The molecule has 0 bridgehead atoms. The van der Waals surface area contributed by atoms with E-state index in [-0.39, 0.29) is 0 Å². The molecule has 5 nitrogen and oxygen atoms in total. The Morgan fingerprint density at radius 1 is 1.29 bits per heavy atom. The maximum absolute atomic E-state index is 12.1. The first-order valence-electron chi connectivity index (χ1n) is 7.22. The highest BCUT2D eigenvalue weighted by atomic mass is 32.2. The Morgan fingerprint density at radius 3 is 2.71 bits per heavy atom. The van der Waals surface area contributed by atoms with Crippen LogP contribution in [0, 0.1) is 0 Å². The van der Waals surface area contributed by atoms with Crippen molar-refractivity contribution >= 4 is 16.8 Å². The predicted molar refractivity (Wildman–Crippen MR) is 88.2 cm³/mol. The lowest BCUT2D eigenvalue weighted by atomic mass is 10.4. The average molecular weight is 311 g/mol. The molecule has 0 aromatic heterocycles. The van der Waals surface area contributed by atoms with Gasteiger partial charge < -0.3 is 15.4 Å². The highest BCUT2D eigenvalue weighted by Crippen LogP contribution is 2.04. The molecular formula is C15H25N3O2S. The summed E-state index contributed by atoms with van der Waals surface area (Å²) in [6.45, 7) is 4.87.